The zero-order valence-electron chi connectivity index (χ0n) is 14.4. The first kappa shape index (κ1) is 18.8. The molecule has 1 heterocycles. The number of alkyl halides is 3. The molecule has 0 amide bonds. The molecule has 0 bridgehead atoms. The van der Waals surface area contributed by atoms with Gasteiger partial charge in [-0.15, -0.1) is 5.10 Å². The topological polar surface area (TPSA) is 64.8 Å². The number of nitrogens with zero attached hydrogens (tertiary/aromatic N) is 3. The smallest absolute Gasteiger partial charge is 0.298 e. The van der Waals surface area contributed by atoms with Crippen LogP contribution in [0, 0.1) is 0 Å². The Morgan fingerprint density at radius 2 is 1.78 bits per heavy atom. The average molecular weight is 375 g/mol. The van der Waals surface area contributed by atoms with Crippen molar-refractivity contribution in [2.45, 2.75) is 32.0 Å². The van der Waals surface area contributed by atoms with Gasteiger partial charge >= 0.3 is 6.18 Å². The van der Waals surface area contributed by atoms with Gasteiger partial charge in [0.15, 0.2) is 5.78 Å². The molecule has 0 saturated carbocycles. The minimum Gasteiger partial charge on any atom is -0.298 e. The Morgan fingerprint density at radius 1 is 1.11 bits per heavy atom. The molecule has 0 unspecified atom stereocenters. The van der Waals surface area contributed by atoms with Crippen LogP contribution in [0.2, 0.25) is 0 Å². The molecule has 3 rings (SSSR count). The lowest BCUT2D eigenvalue weighted by Gasteiger charge is -2.13. The van der Waals surface area contributed by atoms with Crippen molar-refractivity contribution < 1.29 is 18.0 Å². The average Bonchev–Trinajstić information content (AvgIpc) is 2.63. The first-order chi connectivity index (χ1) is 12.8. The number of rotatable bonds is 5. The maximum atomic E-state index is 12.6. The van der Waals surface area contributed by atoms with Gasteiger partial charge in [0.25, 0.3) is 5.56 Å². The number of carbonyl (C=O) groups excluding carboxylic acids is 1. The minimum atomic E-state index is -4.40. The summed E-state index contributed by atoms with van der Waals surface area (Å²) in [6, 6.07) is 11.4. The van der Waals surface area contributed by atoms with Crippen molar-refractivity contribution in [2.24, 2.45) is 0 Å². The lowest BCUT2D eigenvalue weighted by Crippen LogP contribution is -2.28. The molecule has 1 atom stereocenters. The summed E-state index contributed by atoms with van der Waals surface area (Å²) in [6.07, 6.45) is -4.32. The monoisotopic (exact) mass is 375 g/mol. The summed E-state index contributed by atoms with van der Waals surface area (Å²) in [5.74, 6) is -0.544. The lowest BCUT2D eigenvalue weighted by molar-refractivity contribution is -0.137. The van der Waals surface area contributed by atoms with E-state index in [0.717, 1.165) is 16.8 Å². The Balaban J connectivity index is 1.70. The van der Waals surface area contributed by atoms with E-state index in [4.69, 9.17) is 0 Å². The summed E-state index contributed by atoms with van der Waals surface area (Å²) in [5, 5.41) is 8.06. The molecule has 0 aliphatic rings. The van der Waals surface area contributed by atoms with Crippen molar-refractivity contribution in [1.82, 2.24) is 15.0 Å². The van der Waals surface area contributed by atoms with Crippen LogP contribution in [0.5, 0.6) is 0 Å². The van der Waals surface area contributed by atoms with Crippen LogP contribution < -0.4 is 5.56 Å². The predicted octanol–water partition coefficient (Wildman–Crippen LogP) is 3.57. The van der Waals surface area contributed by atoms with E-state index in [2.05, 4.69) is 10.3 Å². The third-order valence-electron chi connectivity index (χ3n) is 4.30. The molecule has 1 aromatic heterocycles. The van der Waals surface area contributed by atoms with Crippen LogP contribution in [0.3, 0.4) is 0 Å². The summed E-state index contributed by atoms with van der Waals surface area (Å²) in [4.78, 5) is 24.7. The molecule has 140 valence electrons. The first-order valence-corrected chi connectivity index (χ1v) is 8.27. The number of hydrogen-bond acceptors (Lipinski definition) is 4. The third kappa shape index (κ3) is 4.21. The van der Waals surface area contributed by atoms with Crippen LogP contribution in [-0.2, 0) is 17.5 Å². The van der Waals surface area contributed by atoms with Gasteiger partial charge in [-0.05, 0) is 35.7 Å². The van der Waals surface area contributed by atoms with Crippen LogP contribution in [-0.4, -0.2) is 20.8 Å². The number of ketones is 1. The fourth-order valence-electron chi connectivity index (χ4n) is 2.82. The van der Waals surface area contributed by atoms with Gasteiger partial charge in [-0.25, -0.2) is 4.68 Å². The zero-order chi connectivity index (χ0) is 19.6. The Bertz CT molecular complexity index is 1030. The number of benzene rings is 2. The molecule has 0 aliphatic carbocycles. The van der Waals surface area contributed by atoms with Crippen LogP contribution in [0.15, 0.2) is 53.3 Å². The van der Waals surface area contributed by atoms with Crippen molar-refractivity contribution in [3.63, 3.8) is 0 Å². The van der Waals surface area contributed by atoms with E-state index in [1.165, 1.54) is 12.1 Å². The number of carbonyl (C=O) groups is 1. The second-order valence-corrected chi connectivity index (χ2v) is 6.33. The molecule has 0 radical (unpaired) electrons. The summed E-state index contributed by atoms with van der Waals surface area (Å²) in [7, 11) is 0. The summed E-state index contributed by atoms with van der Waals surface area (Å²) < 4.78 is 38.9. The Kier molecular flexibility index (Phi) is 5.07. The van der Waals surface area contributed by atoms with E-state index in [0.29, 0.717) is 16.5 Å². The van der Waals surface area contributed by atoms with Gasteiger partial charge in [0, 0.05) is 6.42 Å². The Morgan fingerprint density at radius 3 is 2.44 bits per heavy atom. The highest BCUT2D eigenvalue weighted by molar-refractivity contribution is 5.80. The molecular formula is C19H16F3N3O2. The molecule has 0 N–H and O–H groups in total. The lowest BCUT2D eigenvalue weighted by atomic mass is 9.95. The molecule has 27 heavy (non-hydrogen) atoms. The summed E-state index contributed by atoms with van der Waals surface area (Å²) in [6.45, 7) is 1.51. The van der Waals surface area contributed by atoms with Gasteiger partial charge in [0.1, 0.15) is 12.1 Å². The Hall–Kier alpha value is -3.03. The maximum Gasteiger partial charge on any atom is 0.416 e. The van der Waals surface area contributed by atoms with Crippen LogP contribution in [0.1, 0.15) is 30.4 Å². The fourth-order valence-corrected chi connectivity index (χ4v) is 2.82. The normalized spacial score (nSPS) is 12.9. The van der Waals surface area contributed by atoms with Gasteiger partial charge < -0.3 is 0 Å². The molecule has 5 nitrogen and oxygen atoms in total. The zero-order valence-corrected chi connectivity index (χ0v) is 14.4. The van der Waals surface area contributed by atoms with Gasteiger partial charge in [0.05, 0.1) is 10.9 Å². The SMILES string of the molecule is C[C@H](CC(=O)Cn1nnc2ccccc2c1=O)c1ccc(C(F)(F)F)cc1. The molecule has 0 fully saturated rings. The van der Waals surface area contributed by atoms with E-state index >= 15 is 0 Å². The number of aromatic nitrogens is 3. The summed E-state index contributed by atoms with van der Waals surface area (Å²) in [5.41, 5.74) is -0.0727. The molecule has 0 saturated heterocycles. The van der Waals surface area contributed by atoms with Gasteiger partial charge in [-0.2, -0.15) is 13.2 Å². The number of Topliss-reactive ketones (excluding diaryl/α,β-unsaturated/α-hetero) is 1. The van der Waals surface area contributed by atoms with Gasteiger partial charge in [-0.3, -0.25) is 9.59 Å². The highest BCUT2D eigenvalue weighted by atomic mass is 19.4. The van der Waals surface area contributed by atoms with E-state index in [-0.39, 0.29) is 24.7 Å². The quantitative estimate of drug-likeness (QED) is 0.684. The van der Waals surface area contributed by atoms with Gasteiger partial charge in [0.2, 0.25) is 0 Å². The largest absolute Gasteiger partial charge is 0.416 e. The summed E-state index contributed by atoms with van der Waals surface area (Å²) >= 11 is 0. The van der Waals surface area contributed by atoms with E-state index < -0.39 is 17.3 Å². The van der Waals surface area contributed by atoms with Crippen molar-refractivity contribution in [1.29, 1.82) is 0 Å². The van der Waals surface area contributed by atoms with Gasteiger partial charge in [-0.1, -0.05) is 36.4 Å². The molecule has 0 spiro atoms. The standard InChI is InChI=1S/C19H16F3N3O2/c1-12(13-6-8-14(9-7-13)19(20,21)22)10-15(26)11-25-18(27)16-4-2-3-5-17(16)23-24-25/h2-9,12H,10-11H2,1H3/t12-/m1/s1. The highest BCUT2D eigenvalue weighted by Gasteiger charge is 2.30. The maximum absolute atomic E-state index is 12.6. The first-order valence-electron chi connectivity index (χ1n) is 8.27. The molecule has 0 aliphatic heterocycles. The molecular weight excluding hydrogens is 359 g/mol. The molecule has 2 aromatic carbocycles. The van der Waals surface area contributed by atoms with Crippen LogP contribution >= 0.6 is 0 Å². The van der Waals surface area contributed by atoms with Crippen molar-refractivity contribution in [3.05, 3.63) is 70.0 Å². The highest BCUT2D eigenvalue weighted by Crippen LogP contribution is 2.30. The predicted molar refractivity (Wildman–Crippen MR) is 93.3 cm³/mol. The second kappa shape index (κ2) is 7.30. The van der Waals surface area contributed by atoms with Crippen molar-refractivity contribution in [2.75, 3.05) is 0 Å². The fraction of sp³-hybridized carbons (Fsp3) is 0.263. The molecule has 8 heteroatoms. The number of fused-ring (bicyclic) bond motifs is 1. The van der Waals surface area contributed by atoms with Crippen LogP contribution in [0.4, 0.5) is 13.2 Å². The molecule has 3 aromatic rings. The number of halogens is 3. The minimum absolute atomic E-state index is 0.0757. The number of hydrogen-bond donors (Lipinski definition) is 0. The Labute approximate surface area is 152 Å². The van der Waals surface area contributed by atoms with Crippen LogP contribution in [0.25, 0.3) is 10.9 Å². The van der Waals surface area contributed by atoms with Crippen molar-refractivity contribution >= 4 is 16.7 Å². The van der Waals surface area contributed by atoms with E-state index in [9.17, 15) is 22.8 Å². The van der Waals surface area contributed by atoms with E-state index in [1.807, 2.05) is 0 Å². The van der Waals surface area contributed by atoms with Crippen molar-refractivity contribution in [3.8, 4) is 0 Å². The van der Waals surface area contributed by atoms with E-state index in [1.54, 1.807) is 31.2 Å². The second-order valence-electron chi connectivity index (χ2n) is 6.33. The third-order valence-corrected chi connectivity index (χ3v) is 4.30.